The van der Waals surface area contributed by atoms with Gasteiger partial charge in [0, 0.05) is 12.0 Å². The van der Waals surface area contributed by atoms with Gasteiger partial charge in [-0.3, -0.25) is 0 Å². The third-order valence-electron chi connectivity index (χ3n) is 2.98. The highest BCUT2D eigenvalue weighted by atomic mass is 14.1. The lowest BCUT2D eigenvalue weighted by molar-refractivity contribution is 1.03. The van der Waals surface area contributed by atoms with Gasteiger partial charge in [-0.1, -0.05) is 54.3 Å². The van der Waals surface area contributed by atoms with Gasteiger partial charge in [-0.05, 0) is 29.2 Å². The molecule has 0 saturated heterocycles. The van der Waals surface area contributed by atoms with Gasteiger partial charge in [0.15, 0.2) is 0 Å². The molecule has 0 aromatic heterocycles. The topological polar surface area (TPSA) is 0 Å². The molecule has 24 heavy (non-hydrogen) atoms. The SMILES string of the molecule is C1#Cc2ccccc2-c2ccccc2CC1.C=C.C=C.C=C.C=C. The standard InChI is InChI=1S/C16H12.4C2H4/c1-2-8-14-10-4-6-12-16(14)15-11-5-3-9-13(15)7-1;4*1-2/h3-6,9-12H,1,7H2;4*1-2H2. The van der Waals surface area contributed by atoms with E-state index in [-0.39, 0.29) is 0 Å². The second kappa shape index (κ2) is 16.3. The highest BCUT2D eigenvalue weighted by molar-refractivity contribution is 5.74. The Morgan fingerprint density at radius 3 is 1.75 bits per heavy atom. The van der Waals surface area contributed by atoms with Crippen molar-refractivity contribution in [2.45, 2.75) is 12.8 Å². The quantitative estimate of drug-likeness (QED) is 0.368. The molecule has 0 fully saturated rings. The highest BCUT2D eigenvalue weighted by Crippen LogP contribution is 2.28. The molecule has 0 atom stereocenters. The van der Waals surface area contributed by atoms with E-state index < -0.39 is 0 Å². The molecule has 2 aromatic carbocycles. The fourth-order valence-electron chi connectivity index (χ4n) is 2.18. The van der Waals surface area contributed by atoms with Gasteiger partial charge >= 0.3 is 0 Å². The summed E-state index contributed by atoms with van der Waals surface area (Å²) in [5, 5.41) is 0. The van der Waals surface area contributed by atoms with Gasteiger partial charge in [-0.15, -0.1) is 52.6 Å². The molecule has 0 unspecified atom stereocenters. The Labute approximate surface area is 148 Å². The molecular weight excluding hydrogens is 288 g/mol. The van der Waals surface area contributed by atoms with Crippen LogP contribution in [0.15, 0.2) is 101 Å². The summed E-state index contributed by atoms with van der Waals surface area (Å²) in [5.74, 6) is 6.49. The predicted molar refractivity (Wildman–Crippen MR) is 112 cm³/mol. The van der Waals surface area contributed by atoms with Crippen LogP contribution in [0.4, 0.5) is 0 Å². The van der Waals surface area contributed by atoms with Crippen LogP contribution in [0, 0.1) is 11.8 Å². The summed E-state index contributed by atoms with van der Waals surface area (Å²) < 4.78 is 0. The first kappa shape index (κ1) is 23.2. The van der Waals surface area contributed by atoms with Gasteiger partial charge < -0.3 is 0 Å². The molecule has 0 aliphatic heterocycles. The molecule has 124 valence electrons. The molecule has 1 aliphatic carbocycles. The lowest BCUT2D eigenvalue weighted by Gasteiger charge is -2.12. The summed E-state index contributed by atoms with van der Waals surface area (Å²) in [7, 11) is 0. The number of fused-ring (bicyclic) bond motifs is 3. The third kappa shape index (κ3) is 6.81. The fourth-order valence-corrected chi connectivity index (χ4v) is 2.18. The van der Waals surface area contributed by atoms with Crippen LogP contribution < -0.4 is 0 Å². The van der Waals surface area contributed by atoms with Crippen molar-refractivity contribution in [2.75, 3.05) is 0 Å². The summed E-state index contributed by atoms with van der Waals surface area (Å²) in [6.45, 7) is 24.0. The largest absolute Gasteiger partial charge is 0.106 e. The van der Waals surface area contributed by atoms with E-state index in [2.05, 4.69) is 113 Å². The Hall–Kier alpha value is -3.04. The lowest BCUT2D eigenvalue weighted by Crippen LogP contribution is -1.94. The Morgan fingerprint density at radius 2 is 1.12 bits per heavy atom. The van der Waals surface area contributed by atoms with Crippen LogP contribution in [0.3, 0.4) is 0 Å². The summed E-state index contributed by atoms with van der Waals surface area (Å²) in [6.07, 6.45) is 2.00. The molecule has 0 saturated carbocycles. The van der Waals surface area contributed by atoms with E-state index in [4.69, 9.17) is 0 Å². The van der Waals surface area contributed by atoms with E-state index in [0.29, 0.717) is 0 Å². The van der Waals surface area contributed by atoms with Gasteiger partial charge in [0.1, 0.15) is 0 Å². The van der Waals surface area contributed by atoms with E-state index in [1.807, 2.05) is 0 Å². The zero-order chi connectivity index (χ0) is 18.8. The Bertz CT molecular complexity index is 632. The van der Waals surface area contributed by atoms with Crippen LogP contribution in [0.1, 0.15) is 17.5 Å². The molecule has 3 rings (SSSR count). The molecule has 0 N–H and O–H groups in total. The van der Waals surface area contributed by atoms with Gasteiger partial charge in [-0.25, -0.2) is 0 Å². The van der Waals surface area contributed by atoms with Gasteiger partial charge in [0.2, 0.25) is 0 Å². The van der Waals surface area contributed by atoms with E-state index in [9.17, 15) is 0 Å². The van der Waals surface area contributed by atoms with Crippen molar-refractivity contribution in [3.05, 3.63) is 112 Å². The minimum absolute atomic E-state index is 0.950. The number of benzene rings is 2. The van der Waals surface area contributed by atoms with Crippen molar-refractivity contribution in [1.82, 2.24) is 0 Å². The molecule has 0 radical (unpaired) electrons. The number of hydrogen-bond acceptors (Lipinski definition) is 0. The second-order valence-electron chi connectivity index (χ2n) is 4.00. The number of rotatable bonds is 0. The van der Waals surface area contributed by atoms with Crippen LogP contribution in [0.5, 0.6) is 0 Å². The zero-order valence-corrected chi connectivity index (χ0v) is 14.7. The van der Waals surface area contributed by atoms with Crippen molar-refractivity contribution in [2.24, 2.45) is 0 Å². The second-order valence-corrected chi connectivity index (χ2v) is 4.00. The first-order valence-corrected chi connectivity index (χ1v) is 7.61. The molecule has 0 nitrogen and oxygen atoms in total. The molecule has 2 aromatic rings. The molecule has 1 aliphatic rings. The first-order valence-electron chi connectivity index (χ1n) is 7.61. The van der Waals surface area contributed by atoms with Crippen LogP contribution in [0.25, 0.3) is 11.1 Å². The zero-order valence-electron chi connectivity index (χ0n) is 14.7. The average Bonchev–Trinajstić information content (AvgIpc) is 2.70. The van der Waals surface area contributed by atoms with Crippen molar-refractivity contribution >= 4 is 0 Å². The van der Waals surface area contributed by atoms with E-state index in [1.54, 1.807) is 0 Å². The van der Waals surface area contributed by atoms with Gasteiger partial charge in [0.05, 0.1) is 0 Å². The minimum Gasteiger partial charge on any atom is -0.106 e. The maximum absolute atomic E-state index is 3.26. The molecule has 0 amide bonds. The molecule has 0 bridgehead atoms. The summed E-state index contributed by atoms with van der Waals surface area (Å²) in [4.78, 5) is 0. The molecule has 0 heteroatoms. The van der Waals surface area contributed by atoms with E-state index in [1.165, 1.54) is 16.7 Å². The van der Waals surface area contributed by atoms with E-state index in [0.717, 1.165) is 18.4 Å². The number of aryl methyl sites for hydroxylation is 1. The normalized spacial score (nSPS) is 9.00. The Morgan fingerprint density at radius 1 is 0.625 bits per heavy atom. The highest BCUT2D eigenvalue weighted by Gasteiger charge is 2.08. The number of hydrogen-bond donors (Lipinski definition) is 0. The molecule has 0 heterocycles. The van der Waals surface area contributed by atoms with Crippen LogP contribution in [-0.2, 0) is 6.42 Å². The maximum Gasteiger partial charge on any atom is 0.0323 e. The van der Waals surface area contributed by atoms with Crippen LogP contribution >= 0.6 is 0 Å². The van der Waals surface area contributed by atoms with Gasteiger partial charge in [0.25, 0.3) is 0 Å². The molecule has 0 spiro atoms. The Balaban J connectivity index is 0. The molecular formula is C24H28. The van der Waals surface area contributed by atoms with Crippen molar-refractivity contribution < 1.29 is 0 Å². The maximum atomic E-state index is 3.26. The lowest BCUT2D eigenvalue weighted by atomic mass is 9.92. The fraction of sp³-hybridized carbons (Fsp3) is 0.0833. The first-order chi connectivity index (χ1) is 11.9. The average molecular weight is 316 g/mol. The summed E-state index contributed by atoms with van der Waals surface area (Å²) >= 11 is 0. The van der Waals surface area contributed by atoms with Crippen molar-refractivity contribution in [3.63, 3.8) is 0 Å². The Kier molecular flexibility index (Phi) is 15.8. The minimum atomic E-state index is 0.950. The monoisotopic (exact) mass is 316 g/mol. The van der Waals surface area contributed by atoms with Gasteiger partial charge in [-0.2, -0.15) is 0 Å². The summed E-state index contributed by atoms with van der Waals surface area (Å²) in [5.41, 5.74) is 5.16. The smallest absolute Gasteiger partial charge is 0.0323 e. The van der Waals surface area contributed by atoms with Crippen molar-refractivity contribution in [1.29, 1.82) is 0 Å². The van der Waals surface area contributed by atoms with Crippen LogP contribution in [0.2, 0.25) is 0 Å². The predicted octanol–water partition coefficient (Wildman–Crippen LogP) is 6.86. The third-order valence-corrected chi connectivity index (χ3v) is 2.98. The van der Waals surface area contributed by atoms with E-state index >= 15 is 0 Å². The summed E-state index contributed by atoms with van der Waals surface area (Å²) in [6, 6.07) is 17.0. The van der Waals surface area contributed by atoms with Crippen LogP contribution in [-0.4, -0.2) is 0 Å². The van der Waals surface area contributed by atoms with Crippen molar-refractivity contribution in [3.8, 4) is 23.0 Å².